The van der Waals surface area contributed by atoms with Crippen LogP contribution in [0.4, 0.5) is 0 Å². The summed E-state index contributed by atoms with van der Waals surface area (Å²) in [5.41, 5.74) is 0.775. The molecule has 2 aromatic rings. The zero-order valence-corrected chi connectivity index (χ0v) is 7.12. The third-order valence-corrected chi connectivity index (χ3v) is 1.85. The molecule has 62 valence electrons. The van der Waals surface area contributed by atoms with Crippen LogP contribution in [-0.4, -0.2) is 22.0 Å². The Hall–Kier alpha value is -1.29. The minimum atomic E-state index is 0.441. The van der Waals surface area contributed by atoms with Crippen molar-refractivity contribution in [2.24, 2.45) is 0 Å². The molecule has 0 fully saturated rings. The number of pyridine rings is 1. The van der Waals surface area contributed by atoms with Gasteiger partial charge in [-0.2, -0.15) is 0 Å². The molecule has 0 radical (unpaired) electrons. The van der Waals surface area contributed by atoms with Crippen LogP contribution in [0.5, 0.6) is 0 Å². The second kappa shape index (κ2) is 2.64. The highest BCUT2D eigenvalue weighted by atomic mass is 35.5. The van der Waals surface area contributed by atoms with Gasteiger partial charge in [-0.25, -0.2) is 4.98 Å². The zero-order valence-electron chi connectivity index (χ0n) is 6.36. The lowest BCUT2D eigenvalue weighted by atomic mass is 10.3. The third-order valence-electron chi connectivity index (χ3n) is 1.55. The molecule has 0 saturated heterocycles. The molecule has 0 aliphatic carbocycles. The van der Waals surface area contributed by atoms with Gasteiger partial charge in [0.15, 0.2) is 0 Å². The van der Waals surface area contributed by atoms with E-state index in [0.717, 1.165) is 10.9 Å². The molecule has 12 heavy (non-hydrogen) atoms. The van der Waals surface area contributed by atoms with E-state index in [1.54, 1.807) is 18.5 Å². The van der Waals surface area contributed by atoms with Crippen LogP contribution >= 0.6 is 11.6 Å². The SMILES string of the molecule is COn1cc2c(Cl)nccc2n1. The maximum absolute atomic E-state index is 5.81. The average Bonchev–Trinajstić information content (AvgIpc) is 2.49. The second-order valence-corrected chi connectivity index (χ2v) is 2.61. The van der Waals surface area contributed by atoms with Crippen molar-refractivity contribution in [2.75, 3.05) is 7.11 Å². The van der Waals surface area contributed by atoms with E-state index in [0.29, 0.717) is 5.15 Å². The highest BCUT2D eigenvalue weighted by Crippen LogP contribution is 2.18. The summed E-state index contributed by atoms with van der Waals surface area (Å²) >= 11 is 5.81. The molecule has 0 aromatic carbocycles. The van der Waals surface area contributed by atoms with E-state index in [1.807, 2.05) is 0 Å². The fourth-order valence-corrected chi connectivity index (χ4v) is 1.19. The molecule has 2 heterocycles. The summed E-state index contributed by atoms with van der Waals surface area (Å²) in [7, 11) is 1.53. The molecule has 0 saturated carbocycles. The molecule has 2 rings (SSSR count). The fraction of sp³-hybridized carbons (Fsp3) is 0.143. The van der Waals surface area contributed by atoms with Gasteiger partial charge in [0.1, 0.15) is 17.8 Å². The number of rotatable bonds is 1. The van der Waals surface area contributed by atoms with Gasteiger partial charge in [-0.1, -0.05) is 11.6 Å². The molecule has 0 N–H and O–H groups in total. The number of fused-ring (bicyclic) bond motifs is 1. The first kappa shape index (κ1) is 7.36. The molecule has 0 aliphatic heterocycles. The van der Waals surface area contributed by atoms with Crippen LogP contribution in [0.2, 0.25) is 5.15 Å². The van der Waals surface area contributed by atoms with Gasteiger partial charge in [0, 0.05) is 6.20 Å². The minimum absolute atomic E-state index is 0.441. The molecule has 5 heteroatoms. The third kappa shape index (κ3) is 1.00. The molecule has 0 spiro atoms. The highest BCUT2D eigenvalue weighted by molar-refractivity contribution is 6.34. The van der Waals surface area contributed by atoms with Crippen molar-refractivity contribution < 1.29 is 4.84 Å². The van der Waals surface area contributed by atoms with E-state index in [-0.39, 0.29) is 0 Å². The van der Waals surface area contributed by atoms with E-state index >= 15 is 0 Å². The maximum atomic E-state index is 5.81. The quantitative estimate of drug-likeness (QED) is 0.623. The Balaban J connectivity index is 2.74. The van der Waals surface area contributed by atoms with Crippen LogP contribution in [-0.2, 0) is 0 Å². The van der Waals surface area contributed by atoms with E-state index in [9.17, 15) is 0 Å². The van der Waals surface area contributed by atoms with Crippen LogP contribution in [0.1, 0.15) is 0 Å². The molecule has 0 unspecified atom stereocenters. The van der Waals surface area contributed by atoms with Gasteiger partial charge >= 0.3 is 0 Å². The molecular weight excluding hydrogens is 178 g/mol. The van der Waals surface area contributed by atoms with Crippen molar-refractivity contribution in [2.45, 2.75) is 0 Å². The Morgan fingerprint density at radius 1 is 1.58 bits per heavy atom. The molecule has 2 aromatic heterocycles. The standard InChI is InChI=1S/C7H6ClN3O/c1-12-11-4-5-6(10-11)2-3-9-7(5)8/h2-4H,1H3. The van der Waals surface area contributed by atoms with Crippen LogP contribution < -0.4 is 4.84 Å². The van der Waals surface area contributed by atoms with Gasteiger partial charge in [-0.3, -0.25) is 0 Å². The normalized spacial score (nSPS) is 10.5. The Bertz CT molecular complexity index is 412. The van der Waals surface area contributed by atoms with Crippen molar-refractivity contribution in [3.8, 4) is 0 Å². The summed E-state index contributed by atoms with van der Waals surface area (Å²) in [6.07, 6.45) is 3.29. The molecule has 4 nitrogen and oxygen atoms in total. The zero-order chi connectivity index (χ0) is 8.55. The van der Waals surface area contributed by atoms with Gasteiger partial charge in [0.05, 0.1) is 11.6 Å². The topological polar surface area (TPSA) is 39.9 Å². The molecule has 0 atom stereocenters. The lowest BCUT2D eigenvalue weighted by molar-refractivity contribution is 0.136. The summed E-state index contributed by atoms with van der Waals surface area (Å²) in [6, 6.07) is 1.77. The largest absolute Gasteiger partial charge is 0.400 e. The Morgan fingerprint density at radius 2 is 2.42 bits per heavy atom. The average molecular weight is 184 g/mol. The van der Waals surface area contributed by atoms with Crippen LogP contribution in [0, 0.1) is 0 Å². The molecule has 0 bridgehead atoms. The lowest BCUT2D eigenvalue weighted by Crippen LogP contribution is -2.04. The number of hydrogen-bond donors (Lipinski definition) is 0. The lowest BCUT2D eigenvalue weighted by Gasteiger charge is -1.92. The Kier molecular flexibility index (Phi) is 1.62. The number of aromatic nitrogens is 3. The second-order valence-electron chi connectivity index (χ2n) is 2.25. The minimum Gasteiger partial charge on any atom is -0.400 e. The summed E-state index contributed by atoms with van der Waals surface area (Å²) in [4.78, 5) is 10.1. The van der Waals surface area contributed by atoms with Crippen molar-refractivity contribution >= 4 is 22.5 Å². The first-order valence-corrected chi connectivity index (χ1v) is 3.73. The van der Waals surface area contributed by atoms with Crippen molar-refractivity contribution in [3.63, 3.8) is 0 Å². The molecule has 0 aliphatic rings. The van der Waals surface area contributed by atoms with E-state index in [2.05, 4.69) is 10.1 Å². The predicted octanol–water partition coefficient (Wildman–Crippen LogP) is 1.14. The van der Waals surface area contributed by atoms with E-state index in [1.165, 1.54) is 12.0 Å². The van der Waals surface area contributed by atoms with Gasteiger partial charge < -0.3 is 4.84 Å². The summed E-state index contributed by atoms with van der Waals surface area (Å²) in [6.45, 7) is 0. The van der Waals surface area contributed by atoms with Crippen molar-refractivity contribution in [1.82, 2.24) is 14.9 Å². The molecule has 0 amide bonds. The van der Waals surface area contributed by atoms with Gasteiger partial charge in [-0.15, -0.1) is 9.94 Å². The molecular formula is C7H6ClN3O. The maximum Gasteiger partial charge on any atom is 0.140 e. The van der Waals surface area contributed by atoms with Crippen LogP contribution in [0.15, 0.2) is 18.5 Å². The van der Waals surface area contributed by atoms with Crippen LogP contribution in [0.3, 0.4) is 0 Å². The highest BCUT2D eigenvalue weighted by Gasteiger charge is 2.03. The summed E-state index contributed by atoms with van der Waals surface area (Å²) in [5.74, 6) is 0. The van der Waals surface area contributed by atoms with E-state index < -0.39 is 0 Å². The number of halogens is 1. The first-order chi connectivity index (χ1) is 5.81. The smallest absolute Gasteiger partial charge is 0.140 e. The number of hydrogen-bond acceptors (Lipinski definition) is 3. The summed E-state index contributed by atoms with van der Waals surface area (Å²) < 4.78 is 0. The predicted molar refractivity (Wildman–Crippen MR) is 45.0 cm³/mol. The van der Waals surface area contributed by atoms with E-state index in [4.69, 9.17) is 16.4 Å². The Morgan fingerprint density at radius 3 is 3.08 bits per heavy atom. The first-order valence-electron chi connectivity index (χ1n) is 3.35. The van der Waals surface area contributed by atoms with Crippen LogP contribution in [0.25, 0.3) is 10.9 Å². The summed E-state index contributed by atoms with van der Waals surface area (Å²) in [5, 5.41) is 5.30. The van der Waals surface area contributed by atoms with Crippen molar-refractivity contribution in [3.05, 3.63) is 23.6 Å². The van der Waals surface area contributed by atoms with Gasteiger partial charge in [0.2, 0.25) is 0 Å². The van der Waals surface area contributed by atoms with Gasteiger partial charge in [0.25, 0.3) is 0 Å². The fourth-order valence-electron chi connectivity index (χ4n) is 0.984. The monoisotopic (exact) mass is 183 g/mol. The Labute approximate surface area is 73.7 Å². The van der Waals surface area contributed by atoms with Crippen molar-refractivity contribution in [1.29, 1.82) is 0 Å². The van der Waals surface area contributed by atoms with Gasteiger partial charge in [-0.05, 0) is 6.07 Å². The number of nitrogens with zero attached hydrogens (tertiary/aromatic N) is 3.